The number of ether oxygens (including phenoxy) is 1. The quantitative estimate of drug-likeness (QED) is 0.414. The van der Waals surface area contributed by atoms with Crippen LogP contribution in [0.25, 0.3) is 5.69 Å². The van der Waals surface area contributed by atoms with Gasteiger partial charge in [-0.05, 0) is 44.2 Å². The van der Waals surface area contributed by atoms with Gasteiger partial charge in [0.05, 0.1) is 13.2 Å². The lowest BCUT2D eigenvalue weighted by atomic mass is 9.84. The molecule has 2 aromatic carbocycles. The van der Waals surface area contributed by atoms with E-state index in [-0.39, 0.29) is 18.9 Å². The molecule has 1 aromatic heterocycles. The van der Waals surface area contributed by atoms with Crippen LogP contribution in [0.15, 0.2) is 48.5 Å². The van der Waals surface area contributed by atoms with Crippen molar-refractivity contribution < 1.29 is 19.1 Å². The highest BCUT2D eigenvalue weighted by Crippen LogP contribution is 2.41. The number of nitrogens with one attached hydrogen (secondary N) is 1. The van der Waals surface area contributed by atoms with E-state index in [2.05, 4.69) is 5.32 Å². The summed E-state index contributed by atoms with van der Waals surface area (Å²) in [4.78, 5) is 40.6. The number of carbonyl (C=O) groups excluding carboxylic acids is 3. The van der Waals surface area contributed by atoms with Crippen molar-refractivity contribution in [1.82, 2.24) is 14.8 Å². The molecule has 3 heterocycles. The van der Waals surface area contributed by atoms with Crippen LogP contribution in [0, 0.1) is 13.8 Å². The van der Waals surface area contributed by atoms with Gasteiger partial charge in [-0.25, -0.2) is 4.79 Å². The monoisotopic (exact) mass is 497 g/mol. The fourth-order valence-corrected chi connectivity index (χ4v) is 5.37. The van der Waals surface area contributed by atoms with E-state index in [4.69, 9.17) is 27.9 Å². The maximum Gasteiger partial charge on any atom is 0.325 e. The first kappa shape index (κ1) is 22.5. The molecule has 1 atom stereocenters. The van der Waals surface area contributed by atoms with E-state index in [9.17, 15) is 14.4 Å². The Balaban J connectivity index is 1.45. The number of halogens is 2. The van der Waals surface area contributed by atoms with E-state index in [1.165, 1.54) is 0 Å². The average molecular weight is 498 g/mol. The Kier molecular flexibility index (Phi) is 5.41. The summed E-state index contributed by atoms with van der Waals surface area (Å²) in [5.41, 5.74) is 1.98. The van der Waals surface area contributed by atoms with Gasteiger partial charge in [-0.3, -0.25) is 14.5 Å². The summed E-state index contributed by atoms with van der Waals surface area (Å²) >= 11 is 12.3. The van der Waals surface area contributed by atoms with E-state index in [0.29, 0.717) is 39.0 Å². The van der Waals surface area contributed by atoms with Gasteiger partial charge < -0.3 is 14.6 Å². The molecule has 174 valence electrons. The Morgan fingerprint density at radius 2 is 1.79 bits per heavy atom. The Labute approximate surface area is 206 Å². The summed E-state index contributed by atoms with van der Waals surface area (Å²) in [5.74, 6) is -0.232. The number of imide groups is 1. The average Bonchev–Trinajstić information content (AvgIpc) is 3.21. The molecule has 3 amide bonds. The van der Waals surface area contributed by atoms with Crippen LogP contribution < -0.4 is 10.1 Å². The molecule has 0 aliphatic carbocycles. The van der Waals surface area contributed by atoms with Crippen LogP contribution in [0.3, 0.4) is 0 Å². The number of amides is 3. The SMILES string of the molecule is Cc1cc(C(=O)CN2C(=O)NC3(CCOc4ccccc43)C2=O)c(C)n1-c1cc(Cl)cc(Cl)c1. The molecule has 2 aliphatic rings. The van der Waals surface area contributed by atoms with Crippen LogP contribution in [0.4, 0.5) is 4.79 Å². The summed E-state index contributed by atoms with van der Waals surface area (Å²) in [6, 6.07) is 13.4. The molecular formula is C25H21Cl2N3O4. The number of aromatic nitrogens is 1. The van der Waals surface area contributed by atoms with Crippen LogP contribution >= 0.6 is 23.2 Å². The molecule has 1 unspecified atom stereocenters. The number of carbonyl (C=O) groups is 3. The Morgan fingerprint density at radius 1 is 1.09 bits per heavy atom. The molecule has 1 N–H and O–H groups in total. The van der Waals surface area contributed by atoms with Crippen molar-refractivity contribution in [3.63, 3.8) is 0 Å². The van der Waals surface area contributed by atoms with Crippen LogP contribution in [-0.4, -0.2) is 40.3 Å². The lowest BCUT2D eigenvalue weighted by Crippen LogP contribution is -2.47. The Hall–Kier alpha value is -3.29. The smallest absolute Gasteiger partial charge is 0.325 e. The van der Waals surface area contributed by atoms with Crippen LogP contribution in [0.2, 0.25) is 10.0 Å². The minimum atomic E-state index is -1.22. The Bertz CT molecular complexity index is 1350. The molecule has 0 radical (unpaired) electrons. The number of fused-ring (bicyclic) bond motifs is 2. The van der Waals surface area contributed by atoms with Crippen molar-refractivity contribution in [3.8, 4) is 11.4 Å². The zero-order valence-electron chi connectivity index (χ0n) is 18.5. The van der Waals surface area contributed by atoms with Crippen molar-refractivity contribution in [2.24, 2.45) is 0 Å². The highest BCUT2D eigenvalue weighted by molar-refractivity contribution is 6.34. The van der Waals surface area contributed by atoms with Gasteiger partial charge in [0.25, 0.3) is 5.91 Å². The summed E-state index contributed by atoms with van der Waals surface area (Å²) in [7, 11) is 0. The van der Waals surface area contributed by atoms with Gasteiger partial charge in [-0.1, -0.05) is 41.4 Å². The zero-order valence-corrected chi connectivity index (χ0v) is 20.0. The van der Waals surface area contributed by atoms with Gasteiger partial charge in [0.2, 0.25) is 0 Å². The second-order valence-corrected chi connectivity index (χ2v) is 9.37. The molecule has 9 heteroatoms. The number of benzene rings is 2. The first-order valence-electron chi connectivity index (χ1n) is 10.8. The zero-order chi connectivity index (χ0) is 24.2. The van der Waals surface area contributed by atoms with E-state index in [0.717, 1.165) is 16.3 Å². The number of para-hydroxylation sites is 1. The first-order chi connectivity index (χ1) is 16.2. The maximum atomic E-state index is 13.5. The van der Waals surface area contributed by atoms with Crippen molar-refractivity contribution in [3.05, 3.63) is 81.1 Å². The number of urea groups is 1. The molecule has 2 aliphatic heterocycles. The van der Waals surface area contributed by atoms with Crippen molar-refractivity contribution in [2.45, 2.75) is 25.8 Å². The minimum absolute atomic E-state index is 0.286. The fourth-order valence-electron chi connectivity index (χ4n) is 4.86. The third kappa shape index (κ3) is 3.47. The van der Waals surface area contributed by atoms with Crippen LogP contribution in [-0.2, 0) is 10.3 Å². The van der Waals surface area contributed by atoms with Gasteiger partial charge in [0.15, 0.2) is 11.3 Å². The third-order valence-corrected chi connectivity index (χ3v) is 6.83. The molecule has 0 saturated carbocycles. The summed E-state index contributed by atoms with van der Waals surface area (Å²) in [5, 5.41) is 3.77. The molecule has 1 spiro atoms. The number of ketones is 1. The topological polar surface area (TPSA) is 80.6 Å². The molecule has 7 nitrogen and oxygen atoms in total. The van der Waals surface area contributed by atoms with Gasteiger partial charge in [0, 0.05) is 44.7 Å². The molecule has 34 heavy (non-hydrogen) atoms. The number of Topliss-reactive ketones (excluding diaryl/α,β-unsaturated/α-hetero) is 1. The van der Waals surface area contributed by atoms with Crippen molar-refractivity contribution in [1.29, 1.82) is 0 Å². The molecule has 1 saturated heterocycles. The predicted molar refractivity (Wildman–Crippen MR) is 128 cm³/mol. The number of nitrogens with zero attached hydrogens (tertiary/aromatic N) is 2. The highest BCUT2D eigenvalue weighted by Gasteiger charge is 2.55. The van der Waals surface area contributed by atoms with Crippen LogP contribution in [0.5, 0.6) is 5.75 Å². The number of rotatable bonds is 4. The van der Waals surface area contributed by atoms with Gasteiger partial charge in [0.1, 0.15) is 5.75 Å². The molecule has 3 aromatic rings. The van der Waals surface area contributed by atoms with Gasteiger partial charge in [-0.15, -0.1) is 0 Å². The summed E-state index contributed by atoms with van der Waals surface area (Å²) in [6.45, 7) is 3.58. The third-order valence-electron chi connectivity index (χ3n) is 6.40. The van der Waals surface area contributed by atoms with Crippen LogP contribution in [0.1, 0.15) is 33.7 Å². The van der Waals surface area contributed by atoms with Crippen molar-refractivity contribution in [2.75, 3.05) is 13.2 Å². The van der Waals surface area contributed by atoms with Gasteiger partial charge >= 0.3 is 6.03 Å². The lowest BCUT2D eigenvalue weighted by Gasteiger charge is -2.33. The van der Waals surface area contributed by atoms with E-state index < -0.39 is 17.5 Å². The first-order valence-corrected chi connectivity index (χ1v) is 11.5. The number of hydrogen-bond donors (Lipinski definition) is 1. The predicted octanol–water partition coefficient (Wildman–Crippen LogP) is 4.81. The molecule has 5 rings (SSSR count). The normalized spacial score (nSPS) is 19.2. The fraction of sp³-hybridized carbons (Fsp3) is 0.240. The second-order valence-electron chi connectivity index (χ2n) is 8.49. The summed E-state index contributed by atoms with van der Waals surface area (Å²) in [6.07, 6.45) is 0.295. The number of aryl methyl sites for hydroxylation is 1. The van der Waals surface area contributed by atoms with Gasteiger partial charge in [-0.2, -0.15) is 0 Å². The highest BCUT2D eigenvalue weighted by atomic mass is 35.5. The molecular weight excluding hydrogens is 477 g/mol. The van der Waals surface area contributed by atoms with E-state index in [1.807, 2.05) is 17.6 Å². The van der Waals surface area contributed by atoms with Crippen molar-refractivity contribution >= 4 is 40.9 Å². The molecule has 0 bridgehead atoms. The minimum Gasteiger partial charge on any atom is -0.493 e. The summed E-state index contributed by atoms with van der Waals surface area (Å²) < 4.78 is 7.53. The maximum absolute atomic E-state index is 13.5. The Morgan fingerprint density at radius 3 is 2.53 bits per heavy atom. The number of hydrogen-bond acceptors (Lipinski definition) is 4. The van der Waals surface area contributed by atoms with E-state index in [1.54, 1.807) is 49.4 Å². The lowest BCUT2D eigenvalue weighted by molar-refractivity contribution is -0.132. The standard InChI is InChI=1S/C25H21Cl2N3O4/c1-14-9-19(15(2)30(14)18-11-16(26)10-17(27)12-18)21(31)13-29-23(32)25(28-24(29)33)7-8-34-22-6-4-3-5-20(22)25/h3-6,9-12H,7-8,13H2,1-2H3,(H,28,33). The van der Waals surface area contributed by atoms with E-state index >= 15 is 0 Å². The molecule has 1 fully saturated rings. The largest absolute Gasteiger partial charge is 0.493 e. The second kappa shape index (κ2) is 8.18.